The Morgan fingerprint density at radius 1 is 1.27 bits per heavy atom. The van der Waals surface area contributed by atoms with Gasteiger partial charge in [0.25, 0.3) is 0 Å². The number of thiophene rings is 1. The fourth-order valence-corrected chi connectivity index (χ4v) is 2.70. The number of aryl methyl sites for hydroxylation is 1. The lowest BCUT2D eigenvalue weighted by Crippen LogP contribution is -2.07. The summed E-state index contributed by atoms with van der Waals surface area (Å²) in [6.45, 7) is 4.27. The van der Waals surface area contributed by atoms with Crippen LogP contribution in [-0.2, 0) is 6.54 Å². The van der Waals surface area contributed by atoms with Gasteiger partial charge in [-0.25, -0.2) is 9.97 Å². The molecule has 0 saturated heterocycles. The van der Waals surface area contributed by atoms with Gasteiger partial charge in [-0.05, 0) is 25.3 Å². The lowest BCUT2D eigenvalue weighted by Gasteiger charge is -2.10. The van der Waals surface area contributed by atoms with Crippen molar-refractivity contribution in [2.75, 3.05) is 12.4 Å². The van der Waals surface area contributed by atoms with Crippen molar-refractivity contribution in [1.29, 1.82) is 0 Å². The zero-order chi connectivity index (χ0) is 15.5. The average molecular weight is 316 g/mol. The Morgan fingerprint density at radius 3 is 2.86 bits per heavy atom. The summed E-state index contributed by atoms with van der Waals surface area (Å²) in [5, 5.41) is 5.25. The van der Waals surface area contributed by atoms with Gasteiger partial charge >= 0.3 is 0 Å². The van der Waals surface area contributed by atoms with Crippen LogP contribution in [0.5, 0.6) is 5.88 Å². The lowest BCUT2D eigenvalue weighted by molar-refractivity contribution is 0.392. The number of anilines is 1. The highest BCUT2D eigenvalue weighted by Crippen LogP contribution is 2.25. The largest absolute Gasteiger partial charge is 0.481 e. The van der Waals surface area contributed by atoms with Crippen LogP contribution in [0.2, 0.25) is 0 Å². The van der Waals surface area contributed by atoms with Crippen molar-refractivity contribution in [3.8, 4) is 16.6 Å². The highest BCUT2D eigenvalue weighted by molar-refractivity contribution is 7.13. The summed E-state index contributed by atoms with van der Waals surface area (Å²) in [5.74, 6) is 2.61. The first kappa shape index (κ1) is 14.5. The zero-order valence-electron chi connectivity index (χ0n) is 12.6. The molecule has 0 spiro atoms. The first-order chi connectivity index (χ1) is 10.7. The van der Waals surface area contributed by atoms with E-state index in [0.717, 1.165) is 22.0 Å². The van der Waals surface area contributed by atoms with E-state index in [4.69, 9.17) is 9.15 Å². The number of methoxy groups -OCH3 is 1. The van der Waals surface area contributed by atoms with Gasteiger partial charge in [0.2, 0.25) is 11.8 Å². The summed E-state index contributed by atoms with van der Waals surface area (Å²) in [7, 11) is 1.60. The van der Waals surface area contributed by atoms with E-state index >= 15 is 0 Å². The molecule has 0 radical (unpaired) electrons. The summed E-state index contributed by atoms with van der Waals surface area (Å²) < 4.78 is 10.7. The standard InChI is InChI=1S/C15H16N4O2S/c1-9-13(17-10(2)18-14(9)20-3)16-7-11-8-21-15(19-11)12-5-4-6-22-12/h4-6,8H,7H2,1-3H3,(H,16,17,18). The van der Waals surface area contributed by atoms with Gasteiger partial charge in [0, 0.05) is 0 Å². The van der Waals surface area contributed by atoms with Crippen molar-refractivity contribution in [3.05, 3.63) is 40.9 Å². The molecule has 0 bridgehead atoms. The summed E-state index contributed by atoms with van der Waals surface area (Å²) in [6, 6.07) is 3.96. The predicted molar refractivity (Wildman–Crippen MR) is 85.2 cm³/mol. The van der Waals surface area contributed by atoms with Crippen LogP contribution in [0.25, 0.3) is 10.8 Å². The van der Waals surface area contributed by atoms with E-state index in [1.54, 1.807) is 24.7 Å². The van der Waals surface area contributed by atoms with Crippen LogP contribution < -0.4 is 10.1 Å². The summed E-state index contributed by atoms with van der Waals surface area (Å²) in [5.41, 5.74) is 1.69. The van der Waals surface area contributed by atoms with Crippen LogP contribution >= 0.6 is 11.3 Å². The number of hydrogen-bond donors (Lipinski definition) is 1. The highest BCUT2D eigenvalue weighted by Gasteiger charge is 2.11. The quantitative estimate of drug-likeness (QED) is 0.777. The third kappa shape index (κ3) is 2.94. The normalized spacial score (nSPS) is 10.7. The van der Waals surface area contributed by atoms with E-state index in [1.807, 2.05) is 31.4 Å². The molecule has 3 heterocycles. The SMILES string of the molecule is COc1nc(C)nc(NCc2coc(-c3cccs3)n2)c1C. The second-order valence-electron chi connectivity index (χ2n) is 4.73. The molecule has 3 rings (SSSR count). The molecule has 1 N–H and O–H groups in total. The predicted octanol–water partition coefficient (Wildman–Crippen LogP) is 3.43. The third-order valence-electron chi connectivity index (χ3n) is 3.13. The van der Waals surface area contributed by atoms with Gasteiger partial charge in [-0.1, -0.05) is 6.07 Å². The highest BCUT2D eigenvalue weighted by atomic mass is 32.1. The van der Waals surface area contributed by atoms with Crippen molar-refractivity contribution in [1.82, 2.24) is 15.0 Å². The molecule has 0 fully saturated rings. The van der Waals surface area contributed by atoms with Crippen molar-refractivity contribution >= 4 is 17.2 Å². The number of nitrogens with one attached hydrogen (secondary N) is 1. The maximum atomic E-state index is 5.50. The fourth-order valence-electron chi connectivity index (χ4n) is 2.05. The van der Waals surface area contributed by atoms with Crippen LogP contribution in [0.1, 0.15) is 17.1 Å². The molecule has 0 atom stereocenters. The Kier molecular flexibility index (Phi) is 4.06. The van der Waals surface area contributed by atoms with E-state index in [9.17, 15) is 0 Å². The molecule has 22 heavy (non-hydrogen) atoms. The van der Waals surface area contributed by atoms with Crippen molar-refractivity contribution in [2.45, 2.75) is 20.4 Å². The molecule has 0 aromatic carbocycles. The molecule has 0 aliphatic heterocycles. The van der Waals surface area contributed by atoms with Gasteiger partial charge in [-0.15, -0.1) is 11.3 Å². The average Bonchev–Trinajstić information content (AvgIpc) is 3.18. The van der Waals surface area contributed by atoms with E-state index in [2.05, 4.69) is 20.3 Å². The molecule has 3 aromatic rings. The number of nitrogens with zero attached hydrogens (tertiary/aromatic N) is 3. The second-order valence-corrected chi connectivity index (χ2v) is 5.68. The molecule has 6 nitrogen and oxygen atoms in total. The van der Waals surface area contributed by atoms with Gasteiger partial charge in [-0.2, -0.15) is 4.98 Å². The molecule has 3 aromatic heterocycles. The third-order valence-corrected chi connectivity index (χ3v) is 3.98. The molecular weight excluding hydrogens is 300 g/mol. The van der Waals surface area contributed by atoms with Crippen LogP contribution in [0, 0.1) is 13.8 Å². The zero-order valence-corrected chi connectivity index (χ0v) is 13.4. The van der Waals surface area contributed by atoms with Gasteiger partial charge in [-0.3, -0.25) is 0 Å². The lowest BCUT2D eigenvalue weighted by atomic mass is 10.3. The topological polar surface area (TPSA) is 73.1 Å². The number of ether oxygens (including phenoxy) is 1. The Hall–Kier alpha value is -2.41. The Balaban J connectivity index is 1.74. The van der Waals surface area contributed by atoms with Crippen molar-refractivity contribution < 1.29 is 9.15 Å². The van der Waals surface area contributed by atoms with Crippen LogP contribution in [0.15, 0.2) is 28.2 Å². The second kappa shape index (κ2) is 6.15. The van der Waals surface area contributed by atoms with Gasteiger partial charge in [0.05, 0.1) is 29.8 Å². The molecule has 0 saturated carbocycles. The number of rotatable bonds is 5. The maximum Gasteiger partial charge on any atom is 0.236 e. The van der Waals surface area contributed by atoms with E-state index in [-0.39, 0.29) is 0 Å². The van der Waals surface area contributed by atoms with Gasteiger partial charge < -0.3 is 14.5 Å². The first-order valence-electron chi connectivity index (χ1n) is 6.78. The first-order valence-corrected chi connectivity index (χ1v) is 7.66. The van der Waals surface area contributed by atoms with E-state index < -0.39 is 0 Å². The van der Waals surface area contributed by atoms with Crippen LogP contribution in [0.3, 0.4) is 0 Å². The molecule has 7 heteroatoms. The van der Waals surface area contributed by atoms with E-state index in [0.29, 0.717) is 24.1 Å². The number of hydrogen-bond acceptors (Lipinski definition) is 7. The molecule has 0 aliphatic rings. The molecule has 0 aliphatic carbocycles. The van der Waals surface area contributed by atoms with Gasteiger partial charge in [0.15, 0.2) is 0 Å². The summed E-state index contributed by atoms with van der Waals surface area (Å²) >= 11 is 1.60. The smallest absolute Gasteiger partial charge is 0.236 e. The monoisotopic (exact) mass is 316 g/mol. The number of aromatic nitrogens is 3. The molecule has 0 amide bonds. The molecule has 114 valence electrons. The molecular formula is C15H16N4O2S. The van der Waals surface area contributed by atoms with Crippen LogP contribution in [0.4, 0.5) is 5.82 Å². The van der Waals surface area contributed by atoms with E-state index in [1.165, 1.54) is 0 Å². The minimum atomic E-state index is 0.523. The Bertz CT molecular complexity index is 768. The minimum Gasteiger partial charge on any atom is -0.481 e. The maximum absolute atomic E-state index is 5.50. The van der Waals surface area contributed by atoms with Crippen LogP contribution in [-0.4, -0.2) is 22.1 Å². The summed E-state index contributed by atoms with van der Waals surface area (Å²) in [6.07, 6.45) is 1.66. The molecule has 0 unspecified atom stereocenters. The van der Waals surface area contributed by atoms with Crippen molar-refractivity contribution in [3.63, 3.8) is 0 Å². The fraction of sp³-hybridized carbons (Fsp3) is 0.267. The summed E-state index contributed by atoms with van der Waals surface area (Å²) in [4.78, 5) is 14.1. The number of oxazole rings is 1. The van der Waals surface area contributed by atoms with Crippen molar-refractivity contribution in [2.24, 2.45) is 0 Å². The minimum absolute atomic E-state index is 0.523. The Labute approximate surface area is 132 Å². The Morgan fingerprint density at radius 2 is 2.14 bits per heavy atom. The van der Waals surface area contributed by atoms with Gasteiger partial charge in [0.1, 0.15) is 17.9 Å².